The highest BCUT2D eigenvalue weighted by Gasteiger charge is 2.25. The Morgan fingerprint density at radius 3 is 2.65 bits per heavy atom. The van der Waals surface area contributed by atoms with Gasteiger partial charge in [0.15, 0.2) is 0 Å². The zero-order valence-corrected chi connectivity index (χ0v) is 18.8. The molecule has 2 N–H and O–H groups in total. The van der Waals surface area contributed by atoms with Crippen LogP contribution in [0.4, 0.5) is 0 Å². The fraction of sp³-hybridized carbons (Fsp3) is 0.458. The third kappa shape index (κ3) is 5.53. The highest BCUT2D eigenvalue weighted by molar-refractivity contribution is 7.89. The number of hydrogen-bond acceptors (Lipinski definition) is 4. The van der Waals surface area contributed by atoms with Gasteiger partial charge in [0.05, 0.1) is 4.90 Å². The number of carbonyl (C=O) groups excluding carboxylic acids is 1. The summed E-state index contributed by atoms with van der Waals surface area (Å²) in [5.41, 5.74) is 3.13. The van der Waals surface area contributed by atoms with Crippen molar-refractivity contribution in [1.82, 2.24) is 14.9 Å². The Morgan fingerprint density at radius 1 is 1.13 bits per heavy atom. The van der Waals surface area contributed by atoms with Crippen molar-refractivity contribution in [2.45, 2.75) is 50.1 Å². The molecule has 2 aromatic carbocycles. The largest absolute Gasteiger partial charge is 0.350 e. The van der Waals surface area contributed by atoms with Gasteiger partial charge in [-0.25, -0.2) is 13.1 Å². The molecule has 0 spiro atoms. The minimum absolute atomic E-state index is 0.139. The highest BCUT2D eigenvalue weighted by atomic mass is 32.2. The van der Waals surface area contributed by atoms with E-state index in [1.54, 1.807) is 12.1 Å². The van der Waals surface area contributed by atoms with Gasteiger partial charge in [0, 0.05) is 37.8 Å². The van der Waals surface area contributed by atoms with Crippen molar-refractivity contribution < 1.29 is 13.2 Å². The van der Waals surface area contributed by atoms with Gasteiger partial charge in [-0.3, -0.25) is 9.69 Å². The molecule has 166 valence electrons. The van der Waals surface area contributed by atoms with E-state index in [1.165, 1.54) is 23.3 Å². The molecule has 1 aliphatic heterocycles. The van der Waals surface area contributed by atoms with E-state index >= 15 is 0 Å². The number of rotatable bonds is 9. The molecule has 7 heteroatoms. The van der Waals surface area contributed by atoms with Crippen molar-refractivity contribution in [3.05, 3.63) is 65.2 Å². The fourth-order valence-electron chi connectivity index (χ4n) is 4.11. The number of amides is 1. The predicted molar refractivity (Wildman–Crippen MR) is 121 cm³/mol. The first-order valence-electron chi connectivity index (χ1n) is 11.1. The van der Waals surface area contributed by atoms with Gasteiger partial charge in [-0.15, -0.1) is 0 Å². The lowest BCUT2D eigenvalue weighted by molar-refractivity contribution is 0.0926. The van der Waals surface area contributed by atoms with Crippen molar-refractivity contribution in [3.63, 3.8) is 0 Å². The summed E-state index contributed by atoms with van der Waals surface area (Å²) in [6.45, 7) is 5.01. The third-order valence-electron chi connectivity index (χ3n) is 6.31. The number of hydrogen-bond donors (Lipinski definition) is 2. The Balaban J connectivity index is 1.36. The van der Waals surface area contributed by atoms with E-state index in [1.807, 2.05) is 0 Å². The molecule has 1 atom stereocenters. The summed E-state index contributed by atoms with van der Waals surface area (Å²) in [6.07, 6.45) is 4.11. The summed E-state index contributed by atoms with van der Waals surface area (Å²) in [5, 5.41) is 3.01. The standard InChI is InChI=1S/C24H31N3O3S/c1-2-22(27-13-12-19-6-3-4-7-21(19)17-27)16-25-24(28)20-8-5-9-23(14-20)31(29,30)26-15-18-10-11-18/h3-9,14,18,22,26H,2,10-13,15-17H2,1H3,(H,25,28). The van der Waals surface area contributed by atoms with Gasteiger partial charge in [0.1, 0.15) is 0 Å². The minimum atomic E-state index is -3.59. The lowest BCUT2D eigenvalue weighted by Gasteiger charge is -2.35. The van der Waals surface area contributed by atoms with Crippen LogP contribution in [0.3, 0.4) is 0 Å². The fourth-order valence-corrected chi connectivity index (χ4v) is 5.27. The SMILES string of the molecule is CCC(CNC(=O)c1cccc(S(=O)(=O)NCC2CC2)c1)N1CCc2ccccc2C1. The van der Waals surface area contributed by atoms with Crippen LogP contribution < -0.4 is 10.0 Å². The van der Waals surface area contributed by atoms with Crippen LogP contribution in [0.5, 0.6) is 0 Å². The van der Waals surface area contributed by atoms with Crippen LogP contribution >= 0.6 is 0 Å². The van der Waals surface area contributed by atoms with Crippen LogP contribution in [-0.4, -0.2) is 44.9 Å². The van der Waals surface area contributed by atoms with Gasteiger partial charge in [0.2, 0.25) is 10.0 Å². The first kappa shape index (κ1) is 22.0. The Kier molecular flexibility index (Phi) is 6.74. The molecule has 31 heavy (non-hydrogen) atoms. The minimum Gasteiger partial charge on any atom is -0.350 e. The van der Waals surface area contributed by atoms with Crippen molar-refractivity contribution in [3.8, 4) is 0 Å². The number of carbonyl (C=O) groups is 1. The summed E-state index contributed by atoms with van der Waals surface area (Å²) < 4.78 is 27.7. The Hall–Kier alpha value is -2.22. The summed E-state index contributed by atoms with van der Waals surface area (Å²) in [6, 6.07) is 15.0. The zero-order valence-electron chi connectivity index (χ0n) is 18.0. The van der Waals surface area contributed by atoms with Gasteiger partial charge in [0.25, 0.3) is 5.91 Å². The second kappa shape index (κ2) is 9.51. The maximum Gasteiger partial charge on any atom is 0.251 e. The number of sulfonamides is 1. The quantitative estimate of drug-likeness (QED) is 0.627. The molecule has 1 unspecified atom stereocenters. The van der Waals surface area contributed by atoms with E-state index in [-0.39, 0.29) is 16.8 Å². The van der Waals surface area contributed by atoms with E-state index in [9.17, 15) is 13.2 Å². The Morgan fingerprint density at radius 2 is 1.90 bits per heavy atom. The zero-order chi connectivity index (χ0) is 21.8. The first-order chi connectivity index (χ1) is 15.0. The Labute approximate surface area is 185 Å². The van der Waals surface area contributed by atoms with Gasteiger partial charge in [-0.05, 0) is 60.9 Å². The monoisotopic (exact) mass is 441 g/mol. The number of nitrogens with one attached hydrogen (secondary N) is 2. The first-order valence-corrected chi connectivity index (χ1v) is 12.6. The van der Waals surface area contributed by atoms with Crippen LogP contribution in [0.1, 0.15) is 47.7 Å². The van der Waals surface area contributed by atoms with Crippen molar-refractivity contribution in [2.75, 3.05) is 19.6 Å². The van der Waals surface area contributed by atoms with E-state index in [0.29, 0.717) is 24.6 Å². The molecule has 4 rings (SSSR count). The van der Waals surface area contributed by atoms with Crippen molar-refractivity contribution in [1.29, 1.82) is 0 Å². The number of benzene rings is 2. The van der Waals surface area contributed by atoms with Crippen LogP contribution in [0.2, 0.25) is 0 Å². The highest BCUT2D eigenvalue weighted by Crippen LogP contribution is 2.28. The molecule has 2 aliphatic rings. The molecule has 0 saturated heterocycles. The molecule has 0 radical (unpaired) electrons. The topological polar surface area (TPSA) is 78.5 Å². The molecule has 0 bridgehead atoms. The molecular formula is C24H31N3O3S. The lowest BCUT2D eigenvalue weighted by atomic mass is 9.98. The van der Waals surface area contributed by atoms with Gasteiger partial charge < -0.3 is 5.32 Å². The van der Waals surface area contributed by atoms with E-state index in [2.05, 4.69) is 46.1 Å². The van der Waals surface area contributed by atoms with Gasteiger partial charge in [-0.2, -0.15) is 0 Å². The smallest absolute Gasteiger partial charge is 0.251 e. The normalized spacial score (nSPS) is 17.7. The predicted octanol–water partition coefficient (Wildman–Crippen LogP) is 2.94. The summed E-state index contributed by atoms with van der Waals surface area (Å²) in [4.78, 5) is 15.3. The average molecular weight is 442 g/mol. The molecule has 2 aromatic rings. The summed E-state index contributed by atoms with van der Waals surface area (Å²) in [7, 11) is -3.59. The molecule has 0 aromatic heterocycles. The average Bonchev–Trinajstić information content (AvgIpc) is 3.63. The number of fused-ring (bicyclic) bond motifs is 1. The summed E-state index contributed by atoms with van der Waals surface area (Å²) in [5.74, 6) is 0.212. The second-order valence-electron chi connectivity index (χ2n) is 8.58. The molecule has 1 aliphatic carbocycles. The molecule has 6 nitrogen and oxygen atoms in total. The lowest BCUT2D eigenvalue weighted by Crippen LogP contribution is -2.45. The van der Waals surface area contributed by atoms with Crippen LogP contribution in [0.15, 0.2) is 53.4 Å². The molecule has 1 amide bonds. The second-order valence-corrected chi connectivity index (χ2v) is 10.4. The Bertz CT molecular complexity index is 1030. The molecule has 1 heterocycles. The van der Waals surface area contributed by atoms with Crippen LogP contribution in [0, 0.1) is 5.92 Å². The maximum atomic E-state index is 12.8. The molecule has 1 saturated carbocycles. The summed E-state index contributed by atoms with van der Waals surface area (Å²) >= 11 is 0. The van der Waals surface area contributed by atoms with E-state index in [4.69, 9.17) is 0 Å². The van der Waals surface area contributed by atoms with Crippen molar-refractivity contribution >= 4 is 15.9 Å². The van der Waals surface area contributed by atoms with E-state index in [0.717, 1.165) is 38.8 Å². The molecular weight excluding hydrogens is 410 g/mol. The van der Waals surface area contributed by atoms with Crippen LogP contribution in [-0.2, 0) is 23.0 Å². The van der Waals surface area contributed by atoms with E-state index < -0.39 is 10.0 Å². The van der Waals surface area contributed by atoms with Gasteiger partial charge in [-0.1, -0.05) is 37.3 Å². The van der Waals surface area contributed by atoms with Gasteiger partial charge >= 0.3 is 0 Å². The van der Waals surface area contributed by atoms with Crippen molar-refractivity contribution in [2.24, 2.45) is 5.92 Å². The number of nitrogens with zero attached hydrogens (tertiary/aromatic N) is 1. The molecule has 1 fully saturated rings. The maximum absolute atomic E-state index is 12.8. The third-order valence-corrected chi connectivity index (χ3v) is 7.73. The van der Waals surface area contributed by atoms with Crippen LogP contribution in [0.25, 0.3) is 0 Å².